The second-order valence-electron chi connectivity index (χ2n) is 7.59. The number of carbonyl (C=O) groups excluding carboxylic acids is 2. The summed E-state index contributed by atoms with van der Waals surface area (Å²) >= 11 is 0. The number of piperazine rings is 1. The third-order valence-electron chi connectivity index (χ3n) is 4.88. The van der Waals surface area contributed by atoms with Gasteiger partial charge in [0.2, 0.25) is 0 Å². The third-order valence-corrected chi connectivity index (χ3v) is 4.88. The maximum absolute atomic E-state index is 12.2. The maximum Gasteiger partial charge on any atom is 0.272 e. The van der Waals surface area contributed by atoms with E-state index < -0.39 is 23.9 Å². The molecular weight excluding hydrogens is 372 g/mol. The summed E-state index contributed by atoms with van der Waals surface area (Å²) in [5.41, 5.74) is 3.32. The Kier molecular flexibility index (Phi) is 7.99. The van der Waals surface area contributed by atoms with Crippen molar-refractivity contribution in [2.45, 2.75) is 59.0 Å². The first-order valence-corrected chi connectivity index (χ1v) is 9.75. The summed E-state index contributed by atoms with van der Waals surface area (Å²) in [4.78, 5) is 24.1. The van der Waals surface area contributed by atoms with E-state index in [4.69, 9.17) is 4.74 Å². The second kappa shape index (κ2) is 10.2. The zero-order valence-corrected chi connectivity index (χ0v) is 17.5. The molecule has 0 bridgehead atoms. The normalized spacial score (nSPS) is 20.1. The summed E-state index contributed by atoms with van der Waals surface area (Å²) in [6.07, 6.45) is 6.38. The molecule has 0 aromatic heterocycles. The molecule has 1 aromatic rings. The van der Waals surface area contributed by atoms with Gasteiger partial charge < -0.3 is 4.74 Å². The molecule has 1 aliphatic heterocycles. The second-order valence-corrected chi connectivity index (χ2v) is 7.59. The Morgan fingerprint density at radius 3 is 2.31 bits per heavy atom. The van der Waals surface area contributed by atoms with Crippen molar-refractivity contribution < 1.29 is 24.7 Å². The molecule has 29 heavy (non-hydrogen) atoms. The van der Waals surface area contributed by atoms with Crippen LogP contribution in [0.2, 0.25) is 0 Å². The molecule has 2 unspecified atom stereocenters. The average Bonchev–Trinajstić information content (AvgIpc) is 2.69. The first-order valence-electron chi connectivity index (χ1n) is 9.75. The molecular formula is C22H30N2O5. The lowest BCUT2D eigenvalue weighted by Gasteiger charge is -2.37. The molecule has 158 valence electrons. The van der Waals surface area contributed by atoms with Crippen LogP contribution in [-0.4, -0.2) is 51.0 Å². The van der Waals surface area contributed by atoms with Crippen LogP contribution < -0.4 is 4.74 Å². The molecule has 1 saturated heterocycles. The first-order chi connectivity index (χ1) is 13.7. The van der Waals surface area contributed by atoms with Gasteiger partial charge in [-0.1, -0.05) is 29.4 Å². The van der Waals surface area contributed by atoms with Crippen LogP contribution in [0.15, 0.2) is 47.6 Å². The average molecular weight is 402 g/mol. The van der Waals surface area contributed by atoms with E-state index in [0.717, 1.165) is 18.4 Å². The van der Waals surface area contributed by atoms with Crippen LogP contribution in [0.25, 0.3) is 0 Å². The van der Waals surface area contributed by atoms with Crippen LogP contribution in [0, 0.1) is 0 Å². The van der Waals surface area contributed by atoms with Crippen molar-refractivity contribution >= 4 is 11.8 Å². The maximum atomic E-state index is 12.2. The third kappa shape index (κ3) is 6.17. The molecule has 1 aromatic carbocycles. The fraction of sp³-hybridized carbons (Fsp3) is 0.455. The van der Waals surface area contributed by atoms with E-state index in [1.165, 1.54) is 18.1 Å². The van der Waals surface area contributed by atoms with Gasteiger partial charge in [-0.3, -0.25) is 20.0 Å². The van der Waals surface area contributed by atoms with Crippen molar-refractivity contribution in [3.8, 4) is 5.75 Å². The van der Waals surface area contributed by atoms with Crippen molar-refractivity contribution in [1.82, 2.24) is 10.1 Å². The fourth-order valence-electron chi connectivity index (χ4n) is 2.99. The highest BCUT2D eigenvalue weighted by Crippen LogP contribution is 2.20. The van der Waals surface area contributed by atoms with Crippen molar-refractivity contribution in [2.24, 2.45) is 0 Å². The molecule has 2 amide bonds. The number of ether oxygens (including phenoxy) is 1. The molecule has 0 spiro atoms. The number of amides is 2. The van der Waals surface area contributed by atoms with Crippen LogP contribution in [0.5, 0.6) is 5.75 Å². The Bertz CT molecular complexity index is 781. The van der Waals surface area contributed by atoms with Gasteiger partial charge >= 0.3 is 0 Å². The number of benzene rings is 1. The standard InChI is InChI=1S/C22H30N2O5/c1-15(2)6-5-7-16(3)12-13-29-19-10-8-18(9-11-19)14-20-22(26)23(27)17(4)21(25)24(20)28/h6,8-12,17,20,27-28H,5,7,13-14H2,1-4H3. The van der Waals surface area contributed by atoms with Gasteiger partial charge in [0.25, 0.3) is 11.8 Å². The van der Waals surface area contributed by atoms with Crippen LogP contribution >= 0.6 is 0 Å². The topological polar surface area (TPSA) is 90.3 Å². The van der Waals surface area contributed by atoms with Crippen LogP contribution in [0.1, 0.15) is 46.1 Å². The van der Waals surface area contributed by atoms with Gasteiger partial charge in [0.05, 0.1) is 0 Å². The number of hydrogen-bond donors (Lipinski definition) is 2. The summed E-state index contributed by atoms with van der Waals surface area (Å²) in [5.74, 6) is -0.746. The minimum absolute atomic E-state index is 0.0918. The Morgan fingerprint density at radius 1 is 1.03 bits per heavy atom. The van der Waals surface area contributed by atoms with Crippen LogP contribution in [0.3, 0.4) is 0 Å². The molecule has 7 nitrogen and oxygen atoms in total. The zero-order valence-electron chi connectivity index (χ0n) is 17.5. The molecule has 0 radical (unpaired) electrons. The highest BCUT2D eigenvalue weighted by Gasteiger charge is 2.43. The fourth-order valence-corrected chi connectivity index (χ4v) is 2.99. The summed E-state index contributed by atoms with van der Waals surface area (Å²) < 4.78 is 5.72. The lowest BCUT2D eigenvalue weighted by molar-refractivity contribution is -0.228. The number of nitrogens with zero attached hydrogens (tertiary/aromatic N) is 2. The molecule has 0 aliphatic carbocycles. The Hall–Kier alpha value is -2.64. The smallest absolute Gasteiger partial charge is 0.272 e. The van der Waals surface area contributed by atoms with Crippen LogP contribution in [0.4, 0.5) is 0 Å². The largest absolute Gasteiger partial charge is 0.490 e. The summed E-state index contributed by atoms with van der Waals surface area (Å²) in [5, 5.41) is 20.5. The SMILES string of the molecule is CC(C)=CCCC(C)=CCOc1ccc(CC2C(=O)N(O)C(C)C(=O)N2O)cc1. The Labute approximate surface area is 171 Å². The van der Waals surface area contributed by atoms with Crippen molar-refractivity contribution in [2.75, 3.05) is 6.61 Å². The van der Waals surface area contributed by atoms with Crippen molar-refractivity contribution in [1.29, 1.82) is 0 Å². The predicted octanol–water partition coefficient (Wildman–Crippen LogP) is 3.51. The summed E-state index contributed by atoms with van der Waals surface area (Å²) in [6.45, 7) is 8.08. The van der Waals surface area contributed by atoms with E-state index in [2.05, 4.69) is 32.9 Å². The zero-order chi connectivity index (χ0) is 21.6. The van der Waals surface area contributed by atoms with Gasteiger partial charge in [0.15, 0.2) is 0 Å². The minimum Gasteiger partial charge on any atom is -0.490 e. The molecule has 1 aliphatic rings. The molecule has 1 fully saturated rings. The summed E-state index contributed by atoms with van der Waals surface area (Å²) in [6, 6.07) is 4.84. The number of carbonyl (C=O) groups is 2. The number of allylic oxidation sites excluding steroid dienone is 3. The molecule has 7 heteroatoms. The molecule has 0 saturated carbocycles. The van der Waals surface area contributed by atoms with E-state index in [1.807, 2.05) is 0 Å². The molecule has 1 heterocycles. The first kappa shape index (κ1) is 22.6. The number of rotatable bonds is 8. The van der Waals surface area contributed by atoms with Gasteiger partial charge in [-0.25, -0.2) is 10.1 Å². The molecule has 2 atom stereocenters. The van der Waals surface area contributed by atoms with Crippen molar-refractivity contribution in [3.05, 3.63) is 53.1 Å². The van der Waals surface area contributed by atoms with Crippen molar-refractivity contribution in [3.63, 3.8) is 0 Å². The van der Waals surface area contributed by atoms with Gasteiger partial charge in [0.1, 0.15) is 24.4 Å². The molecule has 2 N–H and O–H groups in total. The lowest BCUT2D eigenvalue weighted by atomic mass is 10.0. The van der Waals surface area contributed by atoms with Gasteiger partial charge in [-0.15, -0.1) is 0 Å². The minimum atomic E-state index is -1.15. The highest BCUT2D eigenvalue weighted by molar-refractivity contribution is 5.95. The van der Waals surface area contributed by atoms with Gasteiger partial charge in [-0.2, -0.15) is 0 Å². The van der Waals surface area contributed by atoms with E-state index in [0.29, 0.717) is 22.5 Å². The summed E-state index contributed by atoms with van der Waals surface area (Å²) in [7, 11) is 0. The number of hydrogen-bond acceptors (Lipinski definition) is 5. The van der Waals surface area contributed by atoms with E-state index in [9.17, 15) is 20.0 Å². The monoisotopic (exact) mass is 402 g/mol. The van der Waals surface area contributed by atoms with Gasteiger partial charge in [-0.05, 0) is 64.3 Å². The van der Waals surface area contributed by atoms with Crippen LogP contribution in [-0.2, 0) is 16.0 Å². The number of hydroxylamine groups is 4. The highest BCUT2D eigenvalue weighted by atomic mass is 16.5. The predicted molar refractivity (Wildman–Crippen MR) is 109 cm³/mol. The molecule has 2 rings (SSSR count). The lowest BCUT2D eigenvalue weighted by Crippen LogP contribution is -2.62. The van der Waals surface area contributed by atoms with E-state index in [-0.39, 0.29) is 6.42 Å². The van der Waals surface area contributed by atoms with E-state index >= 15 is 0 Å². The Balaban J connectivity index is 1.89. The van der Waals surface area contributed by atoms with Gasteiger partial charge in [0, 0.05) is 6.42 Å². The quantitative estimate of drug-likeness (QED) is 0.513. The van der Waals surface area contributed by atoms with E-state index in [1.54, 1.807) is 24.3 Å². The Morgan fingerprint density at radius 2 is 1.69 bits per heavy atom.